The highest BCUT2D eigenvalue weighted by molar-refractivity contribution is 9.09. The van der Waals surface area contributed by atoms with E-state index < -0.39 is 0 Å². The highest BCUT2D eigenvalue weighted by Gasteiger charge is 2.05. The van der Waals surface area contributed by atoms with Crippen molar-refractivity contribution in [3.8, 4) is 0 Å². The number of alkyl halides is 1. The Kier molecular flexibility index (Phi) is 15.2. The average molecular weight is 351 g/mol. The molecule has 1 unspecified atom stereocenters. The van der Waals surface area contributed by atoms with Gasteiger partial charge in [0, 0.05) is 25.0 Å². The van der Waals surface area contributed by atoms with Gasteiger partial charge in [0.25, 0.3) is 0 Å². The fourth-order valence-electron chi connectivity index (χ4n) is 1.92. The molecule has 0 aliphatic heterocycles. The molecule has 0 fully saturated rings. The lowest BCUT2D eigenvalue weighted by Crippen LogP contribution is -2.10. The molecule has 4 heteroatoms. The number of halogens is 1. The number of esters is 1. The molecule has 0 rings (SSSR count). The summed E-state index contributed by atoms with van der Waals surface area (Å²) in [5.74, 6) is 0.619. The number of hydrogen-bond acceptors (Lipinski definition) is 3. The van der Waals surface area contributed by atoms with Gasteiger partial charge in [0.2, 0.25) is 0 Å². The maximum absolute atomic E-state index is 11.2. The number of ether oxygens (including phenoxy) is 2. The Labute approximate surface area is 132 Å². The van der Waals surface area contributed by atoms with Crippen molar-refractivity contribution < 1.29 is 14.3 Å². The van der Waals surface area contributed by atoms with E-state index in [9.17, 15) is 4.79 Å². The van der Waals surface area contributed by atoms with Gasteiger partial charge in [0.15, 0.2) is 0 Å². The summed E-state index contributed by atoms with van der Waals surface area (Å²) in [5, 5.41) is 0.854. The second-order valence-electron chi connectivity index (χ2n) is 5.21. The van der Waals surface area contributed by atoms with Crippen LogP contribution in [0.15, 0.2) is 0 Å². The summed E-state index contributed by atoms with van der Waals surface area (Å²) in [6.07, 6.45) is 8.25. The normalized spacial score (nSPS) is 12.3. The van der Waals surface area contributed by atoms with Crippen molar-refractivity contribution >= 4 is 21.9 Å². The summed E-state index contributed by atoms with van der Waals surface area (Å²) < 4.78 is 10.8. The smallest absolute Gasteiger partial charge is 0.305 e. The van der Waals surface area contributed by atoms with E-state index in [1.807, 2.05) is 0 Å². The number of rotatable bonds is 14. The van der Waals surface area contributed by atoms with Gasteiger partial charge < -0.3 is 9.47 Å². The van der Waals surface area contributed by atoms with Gasteiger partial charge in [-0.3, -0.25) is 4.79 Å². The molecule has 0 aliphatic rings. The first kappa shape index (κ1) is 19.9. The molecule has 0 bridgehead atoms. The van der Waals surface area contributed by atoms with Crippen LogP contribution >= 0.6 is 15.9 Å². The van der Waals surface area contributed by atoms with Crippen LogP contribution < -0.4 is 0 Å². The second-order valence-corrected chi connectivity index (χ2v) is 6.00. The van der Waals surface area contributed by atoms with Gasteiger partial charge in [-0.25, -0.2) is 0 Å². The molecule has 3 nitrogen and oxygen atoms in total. The highest BCUT2D eigenvalue weighted by atomic mass is 79.9. The summed E-state index contributed by atoms with van der Waals surface area (Å²) in [4.78, 5) is 11.2. The van der Waals surface area contributed by atoms with E-state index in [2.05, 4.69) is 29.8 Å². The third-order valence-electron chi connectivity index (χ3n) is 3.36. The van der Waals surface area contributed by atoms with Crippen molar-refractivity contribution in [1.29, 1.82) is 0 Å². The Balaban J connectivity index is 3.32. The van der Waals surface area contributed by atoms with E-state index in [-0.39, 0.29) is 5.97 Å². The largest absolute Gasteiger partial charge is 0.466 e. The first-order valence-corrected chi connectivity index (χ1v) is 9.16. The van der Waals surface area contributed by atoms with Crippen molar-refractivity contribution in [3.63, 3.8) is 0 Å². The first-order chi connectivity index (χ1) is 9.74. The van der Waals surface area contributed by atoms with Crippen LogP contribution in [0.5, 0.6) is 0 Å². The summed E-state index contributed by atoms with van der Waals surface area (Å²) >= 11 is 3.30. The Morgan fingerprint density at radius 1 is 1.10 bits per heavy atom. The van der Waals surface area contributed by atoms with Crippen LogP contribution in [0.3, 0.4) is 0 Å². The van der Waals surface area contributed by atoms with Crippen LogP contribution in [0, 0.1) is 5.92 Å². The maximum Gasteiger partial charge on any atom is 0.305 e. The Bertz CT molecular complexity index is 222. The molecule has 0 spiro atoms. The number of carbonyl (C=O) groups excluding carboxylic acids is 1. The molecule has 0 saturated carbocycles. The average Bonchev–Trinajstić information content (AvgIpc) is 2.47. The molecular formula is C16H31BrO3. The van der Waals surface area contributed by atoms with Gasteiger partial charge in [0.1, 0.15) is 0 Å². The summed E-state index contributed by atoms with van der Waals surface area (Å²) in [6.45, 7) is 6.64. The van der Waals surface area contributed by atoms with E-state index in [1.54, 1.807) is 0 Å². The van der Waals surface area contributed by atoms with Gasteiger partial charge in [-0.15, -0.1) is 0 Å². The lowest BCUT2D eigenvalue weighted by atomic mass is 10.0. The zero-order valence-electron chi connectivity index (χ0n) is 13.2. The predicted molar refractivity (Wildman–Crippen MR) is 87.3 cm³/mol. The summed E-state index contributed by atoms with van der Waals surface area (Å²) in [5.41, 5.74) is 0. The molecule has 0 aromatic carbocycles. The zero-order valence-corrected chi connectivity index (χ0v) is 14.8. The lowest BCUT2D eigenvalue weighted by molar-refractivity contribution is -0.143. The minimum atomic E-state index is -0.0871. The Morgan fingerprint density at radius 2 is 1.85 bits per heavy atom. The van der Waals surface area contributed by atoms with Crippen molar-refractivity contribution in [1.82, 2.24) is 0 Å². The van der Waals surface area contributed by atoms with Crippen molar-refractivity contribution in [3.05, 3.63) is 0 Å². The predicted octanol–water partition coefficient (Wildman–Crippen LogP) is 4.72. The van der Waals surface area contributed by atoms with Crippen LogP contribution in [0.2, 0.25) is 0 Å². The molecule has 0 heterocycles. The van der Waals surface area contributed by atoms with Crippen LogP contribution in [0.25, 0.3) is 0 Å². The van der Waals surface area contributed by atoms with Crippen molar-refractivity contribution in [2.75, 3.05) is 25.2 Å². The molecule has 0 aromatic heterocycles. The van der Waals surface area contributed by atoms with Crippen molar-refractivity contribution in [2.45, 2.75) is 65.2 Å². The van der Waals surface area contributed by atoms with Crippen molar-refractivity contribution in [2.24, 2.45) is 5.92 Å². The molecule has 120 valence electrons. The van der Waals surface area contributed by atoms with Gasteiger partial charge in [-0.05, 0) is 31.6 Å². The summed E-state index contributed by atoms with van der Waals surface area (Å²) in [7, 11) is 0. The number of unbranched alkanes of at least 4 members (excludes halogenated alkanes) is 2. The van der Waals surface area contributed by atoms with E-state index in [0.29, 0.717) is 18.9 Å². The van der Waals surface area contributed by atoms with Gasteiger partial charge >= 0.3 is 5.97 Å². The number of carbonyl (C=O) groups is 1. The van der Waals surface area contributed by atoms with Gasteiger partial charge in [-0.2, -0.15) is 0 Å². The highest BCUT2D eigenvalue weighted by Crippen LogP contribution is 2.12. The lowest BCUT2D eigenvalue weighted by Gasteiger charge is -2.14. The third kappa shape index (κ3) is 12.9. The van der Waals surface area contributed by atoms with E-state index >= 15 is 0 Å². The molecule has 20 heavy (non-hydrogen) atoms. The maximum atomic E-state index is 11.2. The summed E-state index contributed by atoms with van der Waals surface area (Å²) in [6, 6.07) is 0. The molecule has 0 amide bonds. The minimum absolute atomic E-state index is 0.0871. The molecular weight excluding hydrogens is 320 g/mol. The monoisotopic (exact) mass is 350 g/mol. The number of hydrogen-bond donors (Lipinski definition) is 0. The standard InChI is InChI=1S/C16H31BrO3/c1-3-5-9-15(4-2)14-19-12-6-7-13-20-16(18)10-8-11-17/h15H,3-14H2,1-2H3. The zero-order chi connectivity index (χ0) is 15.1. The van der Waals surface area contributed by atoms with Gasteiger partial charge in [-0.1, -0.05) is 49.0 Å². The fourth-order valence-corrected chi connectivity index (χ4v) is 2.20. The minimum Gasteiger partial charge on any atom is -0.466 e. The molecule has 1 atom stereocenters. The third-order valence-corrected chi connectivity index (χ3v) is 3.92. The van der Waals surface area contributed by atoms with E-state index in [0.717, 1.165) is 37.8 Å². The van der Waals surface area contributed by atoms with Gasteiger partial charge in [0.05, 0.1) is 6.61 Å². The van der Waals surface area contributed by atoms with Crippen LogP contribution in [0.1, 0.15) is 65.2 Å². The molecule has 0 N–H and O–H groups in total. The first-order valence-electron chi connectivity index (χ1n) is 8.03. The Morgan fingerprint density at radius 3 is 2.50 bits per heavy atom. The van der Waals surface area contributed by atoms with Crippen LogP contribution in [-0.4, -0.2) is 31.1 Å². The quantitative estimate of drug-likeness (QED) is 0.258. The molecule has 0 radical (unpaired) electrons. The van der Waals surface area contributed by atoms with Crippen LogP contribution in [0.4, 0.5) is 0 Å². The molecule has 0 aliphatic carbocycles. The Hall–Kier alpha value is -0.0900. The molecule has 0 aromatic rings. The SMILES string of the molecule is CCCCC(CC)COCCCCOC(=O)CCCBr. The van der Waals surface area contributed by atoms with E-state index in [1.165, 1.54) is 25.7 Å². The fraction of sp³-hybridized carbons (Fsp3) is 0.938. The second kappa shape index (κ2) is 15.3. The topological polar surface area (TPSA) is 35.5 Å². The van der Waals surface area contributed by atoms with E-state index in [4.69, 9.17) is 9.47 Å². The molecule has 0 saturated heterocycles. The van der Waals surface area contributed by atoms with Crippen LogP contribution in [-0.2, 0) is 14.3 Å².